The molecule has 2 unspecified atom stereocenters. The average molecular weight is 316 g/mol. The van der Waals surface area contributed by atoms with E-state index in [0.29, 0.717) is 34.9 Å². The van der Waals surface area contributed by atoms with Crippen LogP contribution in [0.4, 0.5) is 0 Å². The first-order valence-electron chi connectivity index (χ1n) is 7.40. The number of benzene rings is 2. The van der Waals surface area contributed by atoms with Crippen LogP contribution in [0, 0.1) is 5.92 Å². The van der Waals surface area contributed by atoms with E-state index >= 15 is 0 Å². The summed E-state index contributed by atoms with van der Waals surface area (Å²) in [4.78, 5) is 12.3. The molecule has 0 spiro atoms. The van der Waals surface area contributed by atoms with Crippen LogP contribution < -0.4 is 10.1 Å². The SMILES string of the molecule is CC1CC1NC(=O)c1ccccc1OCc1ccc(Cl)cc1. The topological polar surface area (TPSA) is 38.3 Å². The van der Waals surface area contributed by atoms with Gasteiger partial charge in [0.2, 0.25) is 0 Å². The number of para-hydroxylation sites is 1. The molecule has 0 bridgehead atoms. The van der Waals surface area contributed by atoms with Crippen LogP contribution in [0.1, 0.15) is 29.3 Å². The fourth-order valence-corrected chi connectivity index (χ4v) is 2.42. The molecule has 2 aromatic carbocycles. The Kier molecular flexibility index (Phi) is 4.34. The number of halogens is 1. The van der Waals surface area contributed by atoms with Gasteiger partial charge in [-0.25, -0.2) is 0 Å². The van der Waals surface area contributed by atoms with Gasteiger partial charge >= 0.3 is 0 Å². The van der Waals surface area contributed by atoms with Crippen LogP contribution in [0.3, 0.4) is 0 Å². The molecule has 0 heterocycles. The minimum Gasteiger partial charge on any atom is -0.488 e. The summed E-state index contributed by atoms with van der Waals surface area (Å²) >= 11 is 5.87. The zero-order chi connectivity index (χ0) is 15.5. The summed E-state index contributed by atoms with van der Waals surface area (Å²) < 4.78 is 5.81. The molecule has 3 rings (SSSR count). The van der Waals surface area contributed by atoms with Crippen LogP contribution >= 0.6 is 11.6 Å². The van der Waals surface area contributed by atoms with Crippen LogP contribution in [0.15, 0.2) is 48.5 Å². The Morgan fingerprint density at radius 3 is 2.59 bits per heavy atom. The number of hydrogen-bond donors (Lipinski definition) is 1. The standard InChI is InChI=1S/C18H18ClNO2/c1-12-10-16(12)20-18(21)15-4-2-3-5-17(15)22-11-13-6-8-14(19)9-7-13/h2-9,12,16H,10-11H2,1H3,(H,20,21). The highest BCUT2D eigenvalue weighted by Crippen LogP contribution is 2.30. The summed E-state index contributed by atoms with van der Waals surface area (Å²) in [5.41, 5.74) is 1.59. The Morgan fingerprint density at radius 2 is 1.91 bits per heavy atom. The van der Waals surface area contributed by atoms with E-state index in [4.69, 9.17) is 16.3 Å². The number of nitrogens with one attached hydrogen (secondary N) is 1. The Bertz CT molecular complexity index is 669. The Labute approximate surface area is 135 Å². The summed E-state index contributed by atoms with van der Waals surface area (Å²) in [6.07, 6.45) is 1.06. The Morgan fingerprint density at radius 1 is 1.23 bits per heavy atom. The molecule has 0 radical (unpaired) electrons. The molecule has 3 nitrogen and oxygen atoms in total. The predicted molar refractivity (Wildman–Crippen MR) is 87.3 cm³/mol. The summed E-state index contributed by atoms with van der Waals surface area (Å²) in [6, 6.07) is 15.1. The van der Waals surface area contributed by atoms with Crippen molar-refractivity contribution < 1.29 is 9.53 Å². The van der Waals surface area contributed by atoms with Crippen molar-refractivity contribution in [3.05, 3.63) is 64.7 Å². The van der Waals surface area contributed by atoms with Gasteiger partial charge in [-0.15, -0.1) is 0 Å². The normalized spacial score (nSPS) is 19.5. The van der Waals surface area contributed by atoms with Crippen molar-refractivity contribution in [1.29, 1.82) is 0 Å². The second kappa shape index (κ2) is 6.41. The first kappa shape index (κ1) is 14.9. The maximum atomic E-state index is 12.3. The maximum Gasteiger partial charge on any atom is 0.255 e. The monoisotopic (exact) mass is 315 g/mol. The van der Waals surface area contributed by atoms with Crippen LogP contribution in [0.25, 0.3) is 0 Å². The first-order valence-corrected chi connectivity index (χ1v) is 7.78. The first-order chi connectivity index (χ1) is 10.6. The summed E-state index contributed by atoms with van der Waals surface area (Å²) in [5, 5.41) is 3.73. The molecule has 0 saturated heterocycles. The third-order valence-electron chi connectivity index (χ3n) is 3.87. The number of hydrogen-bond acceptors (Lipinski definition) is 2. The zero-order valence-corrected chi connectivity index (χ0v) is 13.1. The number of amides is 1. The second-order valence-electron chi connectivity index (χ2n) is 5.70. The molecule has 114 valence electrons. The highest BCUT2D eigenvalue weighted by Gasteiger charge is 2.34. The van der Waals surface area contributed by atoms with E-state index < -0.39 is 0 Å². The largest absolute Gasteiger partial charge is 0.488 e. The molecule has 4 heteroatoms. The molecule has 1 fully saturated rings. The quantitative estimate of drug-likeness (QED) is 0.903. The maximum absolute atomic E-state index is 12.3. The van der Waals surface area contributed by atoms with Gasteiger partial charge in [0.05, 0.1) is 5.56 Å². The van der Waals surface area contributed by atoms with Crippen molar-refractivity contribution in [3.63, 3.8) is 0 Å². The van der Waals surface area contributed by atoms with Gasteiger partial charge in [-0.1, -0.05) is 42.8 Å². The molecule has 1 N–H and O–H groups in total. The van der Waals surface area contributed by atoms with E-state index in [1.807, 2.05) is 42.5 Å². The van der Waals surface area contributed by atoms with Crippen molar-refractivity contribution >= 4 is 17.5 Å². The van der Waals surface area contributed by atoms with Gasteiger partial charge in [0, 0.05) is 11.1 Å². The minimum atomic E-state index is -0.0685. The van der Waals surface area contributed by atoms with Gasteiger partial charge in [0.25, 0.3) is 5.91 Å². The smallest absolute Gasteiger partial charge is 0.255 e. The fraction of sp³-hybridized carbons (Fsp3) is 0.278. The Balaban J connectivity index is 1.68. The lowest BCUT2D eigenvalue weighted by atomic mass is 10.2. The lowest BCUT2D eigenvalue weighted by Gasteiger charge is -2.11. The van der Waals surface area contributed by atoms with Crippen LogP contribution in [0.2, 0.25) is 5.02 Å². The summed E-state index contributed by atoms with van der Waals surface area (Å²) in [6.45, 7) is 2.54. The van der Waals surface area contributed by atoms with E-state index in [1.165, 1.54) is 0 Å². The van der Waals surface area contributed by atoms with Crippen molar-refractivity contribution in [3.8, 4) is 5.75 Å². The highest BCUT2D eigenvalue weighted by molar-refractivity contribution is 6.30. The average Bonchev–Trinajstić information content (AvgIpc) is 3.22. The highest BCUT2D eigenvalue weighted by atomic mass is 35.5. The molecule has 1 amide bonds. The third kappa shape index (κ3) is 3.60. The third-order valence-corrected chi connectivity index (χ3v) is 4.12. The van der Waals surface area contributed by atoms with Crippen molar-refractivity contribution in [2.75, 3.05) is 0 Å². The molecule has 1 saturated carbocycles. The molecular formula is C18H18ClNO2. The number of ether oxygens (including phenoxy) is 1. The molecule has 0 aliphatic heterocycles. The van der Waals surface area contributed by atoms with Gasteiger partial charge in [0.1, 0.15) is 12.4 Å². The van der Waals surface area contributed by atoms with Crippen molar-refractivity contribution in [1.82, 2.24) is 5.32 Å². The molecule has 2 aromatic rings. The molecule has 0 aromatic heterocycles. The van der Waals surface area contributed by atoms with Crippen molar-refractivity contribution in [2.24, 2.45) is 5.92 Å². The summed E-state index contributed by atoms with van der Waals surface area (Å²) in [5.74, 6) is 1.11. The lowest BCUT2D eigenvalue weighted by molar-refractivity contribution is 0.0945. The lowest BCUT2D eigenvalue weighted by Crippen LogP contribution is -2.27. The van der Waals surface area contributed by atoms with Crippen LogP contribution in [-0.4, -0.2) is 11.9 Å². The summed E-state index contributed by atoms with van der Waals surface area (Å²) in [7, 11) is 0. The van der Waals surface area contributed by atoms with Crippen LogP contribution in [0.5, 0.6) is 5.75 Å². The molecular weight excluding hydrogens is 298 g/mol. The van der Waals surface area contributed by atoms with E-state index in [2.05, 4.69) is 12.2 Å². The molecule has 1 aliphatic rings. The molecule has 22 heavy (non-hydrogen) atoms. The van der Waals surface area contributed by atoms with Gasteiger partial charge in [0.15, 0.2) is 0 Å². The molecule has 2 atom stereocenters. The van der Waals surface area contributed by atoms with Gasteiger partial charge in [-0.05, 0) is 42.2 Å². The Hall–Kier alpha value is -2.00. The van der Waals surface area contributed by atoms with Gasteiger partial charge in [-0.2, -0.15) is 0 Å². The van der Waals surface area contributed by atoms with Gasteiger partial charge < -0.3 is 10.1 Å². The second-order valence-corrected chi connectivity index (χ2v) is 6.14. The van der Waals surface area contributed by atoms with Crippen molar-refractivity contribution in [2.45, 2.75) is 26.0 Å². The van der Waals surface area contributed by atoms with Gasteiger partial charge in [-0.3, -0.25) is 4.79 Å². The van der Waals surface area contributed by atoms with E-state index in [1.54, 1.807) is 6.07 Å². The number of rotatable bonds is 5. The zero-order valence-electron chi connectivity index (χ0n) is 12.4. The fourth-order valence-electron chi connectivity index (χ4n) is 2.29. The molecule has 1 aliphatic carbocycles. The number of carbonyl (C=O) groups is 1. The predicted octanol–water partition coefficient (Wildman–Crippen LogP) is 4.06. The van der Waals surface area contributed by atoms with E-state index in [9.17, 15) is 4.79 Å². The van der Waals surface area contributed by atoms with E-state index in [0.717, 1.165) is 12.0 Å². The van der Waals surface area contributed by atoms with Crippen LogP contribution in [-0.2, 0) is 6.61 Å². The van der Waals surface area contributed by atoms with E-state index in [-0.39, 0.29) is 5.91 Å². The number of carbonyl (C=O) groups excluding carboxylic acids is 1. The minimum absolute atomic E-state index is 0.0685.